The summed E-state index contributed by atoms with van der Waals surface area (Å²) in [6.45, 7) is 1.64. The number of anilines is 1. The smallest absolute Gasteiger partial charge is 0.255 e. The minimum atomic E-state index is -3.79. The summed E-state index contributed by atoms with van der Waals surface area (Å²) >= 11 is 0. The van der Waals surface area contributed by atoms with Gasteiger partial charge in [0.25, 0.3) is 5.91 Å². The van der Waals surface area contributed by atoms with E-state index in [1.54, 1.807) is 6.92 Å². The van der Waals surface area contributed by atoms with E-state index in [0.717, 1.165) is 0 Å². The summed E-state index contributed by atoms with van der Waals surface area (Å²) in [4.78, 5) is 25.5. The maximum Gasteiger partial charge on any atom is 0.255 e. The van der Waals surface area contributed by atoms with Gasteiger partial charge < -0.3 is 10.3 Å². The fourth-order valence-electron chi connectivity index (χ4n) is 1.73. The monoisotopic (exact) mass is 307 g/mol. The first-order valence-corrected chi connectivity index (χ1v) is 7.45. The average Bonchev–Trinajstić information content (AvgIpc) is 2.39. The normalized spacial score (nSPS) is 11.1. The molecule has 0 fully saturated rings. The maximum atomic E-state index is 12.0. The van der Waals surface area contributed by atoms with Crippen LogP contribution in [0.2, 0.25) is 0 Å². The van der Waals surface area contributed by atoms with Crippen LogP contribution in [0.15, 0.2) is 46.2 Å². The highest BCUT2D eigenvalue weighted by atomic mass is 32.2. The van der Waals surface area contributed by atoms with Crippen molar-refractivity contribution in [3.8, 4) is 0 Å². The van der Waals surface area contributed by atoms with Crippen molar-refractivity contribution >= 4 is 21.6 Å². The molecule has 2 rings (SSSR count). The lowest BCUT2D eigenvalue weighted by Gasteiger charge is -2.09. The van der Waals surface area contributed by atoms with E-state index >= 15 is 0 Å². The predicted molar refractivity (Wildman–Crippen MR) is 77.6 cm³/mol. The summed E-state index contributed by atoms with van der Waals surface area (Å²) in [6, 6.07) is 6.74. The number of primary sulfonamides is 1. The molecule has 0 atom stereocenters. The largest absolute Gasteiger partial charge is 0.329 e. The van der Waals surface area contributed by atoms with Gasteiger partial charge >= 0.3 is 0 Å². The molecule has 0 unspecified atom stereocenters. The van der Waals surface area contributed by atoms with Gasteiger partial charge in [0.15, 0.2) is 0 Å². The van der Waals surface area contributed by atoms with Crippen LogP contribution >= 0.6 is 0 Å². The number of nitrogens with one attached hydrogen (secondary N) is 2. The number of aromatic amines is 1. The van der Waals surface area contributed by atoms with Gasteiger partial charge in [-0.15, -0.1) is 0 Å². The number of nitrogens with two attached hydrogens (primary N) is 1. The third kappa shape index (κ3) is 3.56. The van der Waals surface area contributed by atoms with Gasteiger partial charge in [0.2, 0.25) is 15.6 Å². The highest BCUT2D eigenvalue weighted by molar-refractivity contribution is 7.89. The number of carbonyl (C=O) groups is 1. The quantitative estimate of drug-likeness (QED) is 0.767. The predicted octanol–water partition coefficient (Wildman–Crippen LogP) is 0.583. The number of aryl methyl sites for hydroxylation is 1. The molecule has 8 heteroatoms. The Hall–Kier alpha value is -2.45. The summed E-state index contributed by atoms with van der Waals surface area (Å²) in [6.07, 6.45) is 1.37. The van der Waals surface area contributed by atoms with Crippen molar-refractivity contribution in [3.63, 3.8) is 0 Å². The van der Waals surface area contributed by atoms with Crippen molar-refractivity contribution in [2.24, 2.45) is 5.14 Å². The van der Waals surface area contributed by atoms with Crippen molar-refractivity contribution < 1.29 is 13.2 Å². The SMILES string of the molecule is Cc1cc(S(N)(=O)=O)ccc1NC(=O)c1cc[nH]c(=O)c1. The van der Waals surface area contributed by atoms with Gasteiger partial charge in [0, 0.05) is 23.5 Å². The molecule has 0 aliphatic carbocycles. The second kappa shape index (κ2) is 5.51. The molecule has 21 heavy (non-hydrogen) atoms. The Kier molecular flexibility index (Phi) is 3.92. The summed E-state index contributed by atoms with van der Waals surface area (Å²) in [5, 5.41) is 7.64. The number of carbonyl (C=O) groups excluding carboxylic acids is 1. The van der Waals surface area contributed by atoms with E-state index in [4.69, 9.17) is 5.14 Å². The summed E-state index contributed by atoms with van der Waals surface area (Å²) in [5.41, 5.74) is 0.796. The van der Waals surface area contributed by atoms with Gasteiger partial charge in [-0.3, -0.25) is 9.59 Å². The molecule has 0 aliphatic rings. The number of benzene rings is 1. The fourth-order valence-corrected chi connectivity index (χ4v) is 2.33. The Morgan fingerprint density at radius 3 is 2.52 bits per heavy atom. The van der Waals surface area contributed by atoms with Gasteiger partial charge in [-0.1, -0.05) is 0 Å². The van der Waals surface area contributed by atoms with Crippen LogP contribution in [-0.4, -0.2) is 19.3 Å². The first-order chi connectivity index (χ1) is 9.77. The molecule has 0 bridgehead atoms. The van der Waals surface area contributed by atoms with Crippen molar-refractivity contribution in [1.29, 1.82) is 0 Å². The summed E-state index contributed by atoms with van der Waals surface area (Å²) < 4.78 is 22.5. The minimum Gasteiger partial charge on any atom is -0.329 e. The van der Waals surface area contributed by atoms with Gasteiger partial charge in [-0.2, -0.15) is 0 Å². The van der Waals surface area contributed by atoms with E-state index in [9.17, 15) is 18.0 Å². The zero-order chi connectivity index (χ0) is 15.6. The van der Waals surface area contributed by atoms with Gasteiger partial charge in [-0.05, 0) is 36.8 Å². The third-order valence-electron chi connectivity index (χ3n) is 2.81. The van der Waals surface area contributed by atoms with Crippen LogP contribution < -0.4 is 16.0 Å². The molecular weight excluding hydrogens is 294 g/mol. The Labute approximate surface area is 120 Å². The zero-order valence-electron chi connectivity index (χ0n) is 11.1. The number of H-pyrrole nitrogens is 1. The van der Waals surface area contributed by atoms with Crippen molar-refractivity contribution in [2.75, 3.05) is 5.32 Å². The Morgan fingerprint density at radius 2 is 1.95 bits per heavy atom. The molecule has 1 amide bonds. The summed E-state index contributed by atoms with van der Waals surface area (Å²) in [7, 11) is -3.79. The molecule has 0 saturated heterocycles. The first-order valence-electron chi connectivity index (χ1n) is 5.91. The standard InChI is InChI=1S/C13H13N3O4S/c1-8-6-10(21(14,19)20)2-3-11(8)16-13(18)9-4-5-15-12(17)7-9/h2-7H,1H3,(H,15,17)(H,16,18)(H2,14,19,20). The molecule has 0 spiro atoms. The van der Waals surface area contributed by atoms with E-state index in [1.165, 1.54) is 36.5 Å². The van der Waals surface area contributed by atoms with Crippen LogP contribution in [0.3, 0.4) is 0 Å². The topological polar surface area (TPSA) is 122 Å². The van der Waals surface area contributed by atoms with E-state index in [1.807, 2.05) is 0 Å². The molecule has 7 nitrogen and oxygen atoms in total. The Bertz CT molecular complexity index is 856. The molecule has 110 valence electrons. The van der Waals surface area contributed by atoms with E-state index < -0.39 is 15.9 Å². The van der Waals surface area contributed by atoms with E-state index in [0.29, 0.717) is 11.3 Å². The van der Waals surface area contributed by atoms with E-state index in [2.05, 4.69) is 10.3 Å². The summed E-state index contributed by atoms with van der Waals surface area (Å²) in [5.74, 6) is -0.465. The van der Waals surface area contributed by atoms with Gasteiger partial charge in [0.1, 0.15) is 0 Å². The van der Waals surface area contributed by atoms with Crippen LogP contribution in [0, 0.1) is 6.92 Å². The number of hydrogen-bond acceptors (Lipinski definition) is 4. The number of hydrogen-bond donors (Lipinski definition) is 3. The van der Waals surface area contributed by atoms with E-state index in [-0.39, 0.29) is 16.0 Å². The second-order valence-corrected chi connectivity index (χ2v) is 5.98. The van der Waals surface area contributed by atoms with Crippen LogP contribution in [0.1, 0.15) is 15.9 Å². The lowest BCUT2D eigenvalue weighted by atomic mass is 10.2. The molecule has 1 aromatic carbocycles. The van der Waals surface area contributed by atoms with Crippen molar-refractivity contribution in [2.45, 2.75) is 11.8 Å². The molecule has 4 N–H and O–H groups in total. The van der Waals surface area contributed by atoms with Crippen molar-refractivity contribution in [1.82, 2.24) is 4.98 Å². The molecule has 0 aliphatic heterocycles. The highest BCUT2D eigenvalue weighted by Crippen LogP contribution is 2.19. The minimum absolute atomic E-state index is 0.0332. The van der Waals surface area contributed by atoms with Crippen LogP contribution in [0.4, 0.5) is 5.69 Å². The lowest BCUT2D eigenvalue weighted by molar-refractivity contribution is 0.102. The molecular formula is C13H13N3O4S. The molecule has 1 aromatic heterocycles. The van der Waals surface area contributed by atoms with Crippen LogP contribution in [-0.2, 0) is 10.0 Å². The average molecular weight is 307 g/mol. The molecule has 1 heterocycles. The number of amides is 1. The second-order valence-electron chi connectivity index (χ2n) is 4.42. The maximum absolute atomic E-state index is 12.0. The number of pyridine rings is 1. The fraction of sp³-hybridized carbons (Fsp3) is 0.0769. The molecule has 0 radical (unpaired) electrons. The van der Waals surface area contributed by atoms with Crippen LogP contribution in [0.25, 0.3) is 0 Å². The zero-order valence-corrected chi connectivity index (χ0v) is 11.9. The Morgan fingerprint density at radius 1 is 1.24 bits per heavy atom. The third-order valence-corrected chi connectivity index (χ3v) is 3.72. The molecule has 2 aromatic rings. The van der Waals surface area contributed by atoms with Gasteiger partial charge in [-0.25, -0.2) is 13.6 Å². The number of aromatic nitrogens is 1. The van der Waals surface area contributed by atoms with Gasteiger partial charge in [0.05, 0.1) is 4.90 Å². The Balaban J connectivity index is 2.28. The van der Waals surface area contributed by atoms with Crippen LogP contribution in [0.5, 0.6) is 0 Å². The molecule has 0 saturated carbocycles. The van der Waals surface area contributed by atoms with Crippen molar-refractivity contribution in [3.05, 3.63) is 58.0 Å². The number of sulfonamides is 1. The first kappa shape index (κ1) is 14.9. The lowest BCUT2D eigenvalue weighted by Crippen LogP contribution is -2.17. The number of rotatable bonds is 3. The highest BCUT2D eigenvalue weighted by Gasteiger charge is 2.12.